The summed E-state index contributed by atoms with van der Waals surface area (Å²) >= 11 is 3.99. The Morgan fingerprint density at radius 2 is 2.09 bits per heavy atom. The minimum atomic E-state index is -1.37. The van der Waals surface area contributed by atoms with Crippen LogP contribution in [-0.4, -0.2) is 61.4 Å². The molecule has 1 aliphatic heterocycles. The van der Waals surface area contributed by atoms with Gasteiger partial charge in [0.2, 0.25) is 0 Å². The molecule has 0 amide bonds. The third-order valence-electron chi connectivity index (χ3n) is 3.42. The van der Waals surface area contributed by atoms with Crippen LogP contribution in [0.3, 0.4) is 0 Å². The van der Waals surface area contributed by atoms with Gasteiger partial charge in [-0.1, -0.05) is 0 Å². The standard InChI is InChI=1S/C12H17N3O7S/c16-7(17)2-13-1-5-3-15(12(21)14-10(5)20)11-9(19)8(18)6(4-23)22-11/h3,6,8-9,11,13,18-19,23H,1-2,4H2,(H,16,17)(H,14,20,21)/t6-,8-,9-,11-/m1/s1. The predicted molar refractivity (Wildman–Crippen MR) is 80.4 cm³/mol. The van der Waals surface area contributed by atoms with Crippen molar-refractivity contribution in [1.29, 1.82) is 0 Å². The quantitative estimate of drug-likeness (QED) is 0.303. The number of aliphatic hydroxyl groups is 2. The van der Waals surface area contributed by atoms with Gasteiger partial charge < -0.3 is 25.4 Å². The van der Waals surface area contributed by atoms with Crippen LogP contribution in [0, 0.1) is 0 Å². The highest BCUT2D eigenvalue weighted by Crippen LogP contribution is 2.28. The van der Waals surface area contributed by atoms with Crippen LogP contribution in [0.5, 0.6) is 0 Å². The largest absolute Gasteiger partial charge is 0.480 e. The predicted octanol–water partition coefficient (Wildman–Crippen LogP) is -2.74. The van der Waals surface area contributed by atoms with Gasteiger partial charge in [-0.15, -0.1) is 0 Å². The first-order valence-corrected chi connectivity index (χ1v) is 7.37. The number of carbonyl (C=O) groups is 1. The number of aromatic amines is 1. The first-order chi connectivity index (χ1) is 10.8. The zero-order chi connectivity index (χ0) is 17.1. The molecular formula is C12H17N3O7S. The Morgan fingerprint density at radius 1 is 1.39 bits per heavy atom. The summed E-state index contributed by atoms with van der Waals surface area (Å²) in [6, 6.07) is 0. The maximum absolute atomic E-state index is 11.9. The van der Waals surface area contributed by atoms with Crippen molar-refractivity contribution in [3.8, 4) is 0 Å². The number of thiol groups is 1. The van der Waals surface area contributed by atoms with Crippen molar-refractivity contribution in [1.82, 2.24) is 14.9 Å². The van der Waals surface area contributed by atoms with E-state index in [1.54, 1.807) is 0 Å². The molecule has 23 heavy (non-hydrogen) atoms. The van der Waals surface area contributed by atoms with Gasteiger partial charge in [-0.25, -0.2) is 4.79 Å². The van der Waals surface area contributed by atoms with Crippen LogP contribution in [0.15, 0.2) is 15.8 Å². The lowest BCUT2D eigenvalue weighted by molar-refractivity contribution is -0.136. The number of aliphatic carboxylic acids is 1. The summed E-state index contributed by atoms with van der Waals surface area (Å²) in [6.45, 7) is -0.454. The summed E-state index contributed by atoms with van der Waals surface area (Å²) in [4.78, 5) is 36.2. The van der Waals surface area contributed by atoms with Crippen molar-refractivity contribution in [2.45, 2.75) is 31.1 Å². The second-order valence-corrected chi connectivity index (χ2v) is 5.41. The molecule has 1 saturated heterocycles. The highest BCUT2D eigenvalue weighted by molar-refractivity contribution is 7.80. The molecule has 0 aliphatic carbocycles. The third kappa shape index (κ3) is 3.82. The van der Waals surface area contributed by atoms with E-state index < -0.39 is 41.8 Å². The summed E-state index contributed by atoms with van der Waals surface area (Å²) in [5.74, 6) is -0.955. The van der Waals surface area contributed by atoms with Crippen molar-refractivity contribution in [2.75, 3.05) is 12.3 Å². The fraction of sp³-hybridized carbons (Fsp3) is 0.583. The molecule has 2 rings (SSSR count). The number of rotatable bonds is 6. The lowest BCUT2D eigenvalue weighted by atomic mass is 10.1. The molecule has 2 heterocycles. The number of hydrogen-bond acceptors (Lipinski definition) is 8. The van der Waals surface area contributed by atoms with Crippen LogP contribution < -0.4 is 16.6 Å². The molecule has 0 saturated carbocycles. The van der Waals surface area contributed by atoms with Crippen LogP contribution in [0.4, 0.5) is 0 Å². The van der Waals surface area contributed by atoms with Gasteiger partial charge in [0.25, 0.3) is 5.56 Å². The summed E-state index contributed by atoms with van der Waals surface area (Å²) in [7, 11) is 0. The molecule has 1 aliphatic rings. The van der Waals surface area contributed by atoms with E-state index in [0.29, 0.717) is 0 Å². The van der Waals surface area contributed by atoms with Crippen LogP contribution in [-0.2, 0) is 16.1 Å². The summed E-state index contributed by atoms with van der Waals surface area (Å²) in [6.07, 6.45) is -3.35. The van der Waals surface area contributed by atoms with Gasteiger partial charge in [0, 0.05) is 24.1 Å². The Hall–Kier alpha value is -1.66. The highest BCUT2D eigenvalue weighted by atomic mass is 32.1. The Bertz CT molecular complexity index is 688. The van der Waals surface area contributed by atoms with Crippen molar-refractivity contribution in [3.05, 3.63) is 32.6 Å². The van der Waals surface area contributed by atoms with Crippen molar-refractivity contribution < 1.29 is 24.9 Å². The van der Waals surface area contributed by atoms with E-state index in [1.807, 2.05) is 0 Å². The lowest BCUT2D eigenvalue weighted by Crippen LogP contribution is -2.39. The van der Waals surface area contributed by atoms with Crippen LogP contribution in [0.2, 0.25) is 0 Å². The van der Waals surface area contributed by atoms with Crippen LogP contribution >= 0.6 is 12.6 Å². The minimum absolute atomic E-state index is 0.0884. The number of carboxylic acids is 1. The van der Waals surface area contributed by atoms with E-state index in [4.69, 9.17) is 9.84 Å². The maximum atomic E-state index is 11.9. The number of carboxylic acid groups (broad SMARTS) is 1. The summed E-state index contributed by atoms with van der Waals surface area (Å²) < 4.78 is 6.34. The molecule has 10 nitrogen and oxygen atoms in total. The monoisotopic (exact) mass is 347 g/mol. The average Bonchev–Trinajstić information content (AvgIpc) is 2.77. The smallest absolute Gasteiger partial charge is 0.330 e. The fourth-order valence-electron chi connectivity index (χ4n) is 2.26. The molecule has 128 valence electrons. The SMILES string of the molecule is O=C(O)CNCc1cn([C@@H]2O[C@H](CS)[C@@H](O)[C@H]2O)c(=O)[nH]c1=O. The molecule has 1 aromatic heterocycles. The Labute approximate surface area is 135 Å². The topological polar surface area (TPSA) is 154 Å². The molecule has 0 spiro atoms. The molecule has 5 N–H and O–H groups in total. The lowest BCUT2D eigenvalue weighted by Gasteiger charge is -2.18. The number of hydrogen-bond donors (Lipinski definition) is 6. The molecule has 0 radical (unpaired) electrons. The molecule has 0 aromatic carbocycles. The minimum Gasteiger partial charge on any atom is -0.480 e. The number of aromatic nitrogens is 2. The van der Waals surface area contributed by atoms with E-state index in [0.717, 1.165) is 10.8 Å². The average molecular weight is 347 g/mol. The van der Waals surface area contributed by atoms with Crippen molar-refractivity contribution >= 4 is 18.6 Å². The fourth-order valence-corrected chi connectivity index (χ4v) is 2.56. The molecular weight excluding hydrogens is 330 g/mol. The summed E-state index contributed by atoms with van der Waals surface area (Å²) in [5, 5.41) is 30.9. The molecule has 4 atom stereocenters. The first-order valence-electron chi connectivity index (χ1n) is 6.74. The number of aliphatic hydroxyl groups excluding tert-OH is 2. The van der Waals surface area contributed by atoms with Gasteiger partial charge in [0.1, 0.15) is 12.2 Å². The number of H-pyrrole nitrogens is 1. The Kier molecular flexibility index (Phi) is 5.59. The zero-order valence-electron chi connectivity index (χ0n) is 11.9. The first kappa shape index (κ1) is 17.7. The number of ether oxygens (including phenoxy) is 1. The van der Waals surface area contributed by atoms with E-state index in [1.165, 1.54) is 0 Å². The van der Waals surface area contributed by atoms with Gasteiger partial charge in [-0.3, -0.25) is 19.1 Å². The maximum Gasteiger partial charge on any atom is 0.330 e. The second kappa shape index (κ2) is 7.27. The second-order valence-electron chi connectivity index (χ2n) is 5.05. The summed E-state index contributed by atoms with van der Waals surface area (Å²) in [5.41, 5.74) is -1.40. The van der Waals surface area contributed by atoms with E-state index in [9.17, 15) is 24.6 Å². The molecule has 0 unspecified atom stereocenters. The van der Waals surface area contributed by atoms with Crippen LogP contribution in [0.1, 0.15) is 11.8 Å². The number of nitrogens with one attached hydrogen (secondary N) is 2. The molecule has 1 aromatic rings. The van der Waals surface area contributed by atoms with Gasteiger partial charge >= 0.3 is 11.7 Å². The van der Waals surface area contributed by atoms with E-state index >= 15 is 0 Å². The van der Waals surface area contributed by atoms with Gasteiger partial charge in [-0.05, 0) is 0 Å². The van der Waals surface area contributed by atoms with Gasteiger partial charge in [0.05, 0.1) is 12.6 Å². The van der Waals surface area contributed by atoms with Crippen molar-refractivity contribution in [2.24, 2.45) is 0 Å². The normalized spacial score (nSPS) is 27.3. The molecule has 1 fully saturated rings. The Balaban J connectivity index is 2.27. The van der Waals surface area contributed by atoms with Crippen LogP contribution in [0.25, 0.3) is 0 Å². The number of nitrogens with zero attached hydrogens (tertiary/aromatic N) is 1. The third-order valence-corrected chi connectivity index (χ3v) is 3.78. The molecule has 0 bridgehead atoms. The van der Waals surface area contributed by atoms with E-state index in [-0.39, 0.29) is 24.4 Å². The molecule has 11 heteroatoms. The highest BCUT2D eigenvalue weighted by Gasteiger charge is 2.43. The Morgan fingerprint density at radius 3 is 2.65 bits per heavy atom. The zero-order valence-corrected chi connectivity index (χ0v) is 12.8. The van der Waals surface area contributed by atoms with Crippen molar-refractivity contribution in [3.63, 3.8) is 0 Å². The van der Waals surface area contributed by atoms with E-state index in [2.05, 4.69) is 22.9 Å². The van der Waals surface area contributed by atoms with Gasteiger partial charge in [-0.2, -0.15) is 12.6 Å². The van der Waals surface area contributed by atoms with Gasteiger partial charge in [0.15, 0.2) is 6.23 Å².